The molecule has 1 amide bonds. The van der Waals surface area contributed by atoms with E-state index in [0.29, 0.717) is 13.0 Å². The summed E-state index contributed by atoms with van der Waals surface area (Å²) < 4.78 is 1.84. The van der Waals surface area contributed by atoms with Crippen molar-refractivity contribution in [2.24, 2.45) is 0 Å². The molecule has 0 aliphatic carbocycles. The molecule has 1 aromatic carbocycles. The molecule has 23 heavy (non-hydrogen) atoms. The first kappa shape index (κ1) is 15.5. The number of anilines is 1. The van der Waals surface area contributed by atoms with Crippen molar-refractivity contribution in [3.8, 4) is 0 Å². The van der Waals surface area contributed by atoms with Gasteiger partial charge in [-0.3, -0.25) is 4.79 Å². The Morgan fingerprint density at radius 2 is 2.04 bits per heavy atom. The van der Waals surface area contributed by atoms with E-state index < -0.39 is 0 Å². The van der Waals surface area contributed by atoms with Gasteiger partial charge in [-0.2, -0.15) is 16.4 Å². The van der Waals surface area contributed by atoms with E-state index >= 15 is 0 Å². The van der Waals surface area contributed by atoms with Crippen LogP contribution in [0.1, 0.15) is 23.2 Å². The van der Waals surface area contributed by atoms with E-state index in [2.05, 4.69) is 34.0 Å². The molecule has 0 fully saturated rings. The Bertz CT molecular complexity index is 763. The maximum atomic E-state index is 12.2. The van der Waals surface area contributed by atoms with Crippen LogP contribution in [0, 0.1) is 6.92 Å². The molecular formula is C18H19N3OS. The second kappa shape index (κ2) is 7.24. The second-order valence-corrected chi connectivity index (χ2v) is 6.27. The van der Waals surface area contributed by atoms with Gasteiger partial charge in [-0.25, -0.2) is 4.68 Å². The molecule has 5 heteroatoms. The predicted octanol–water partition coefficient (Wildman–Crippen LogP) is 3.87. The third-order valence-electron chi connectivity index (χ3n) is 3.57. The van der Waals surface area contributed by atoms with Gasteiger partial charge in [-0.05, 0) is 41.3 Å². The van der Waals surface area contributed by atoms with Gasteiger partial charge in [-0.1, -0.05) is 30.3 Å². The molecule has 1 N–H and O–H groups in total. The Labute approximate surface area is 139 Å². The third-order valence-corrected chi connectivity index (χ3v) is 4.30. The van der Waals surface area contributed by atoms with Crippen molar-refractivity contribution in [2.45, 2.75) is 26.3 Å². The van der Waals surface area contributed by atoms with Crippen LogP contribution in [0.5, 0.6) is 0 Å². The molecule has 0 aliphatic heterocycles. The highest BCUT2D eigenvalue weighted by atomic mass is 32.1. The molecule has 2 aromatic heterocycles. The van der Waals surface area contributed by atoms with Crippen LogP contribution >= 0.6 is 11.3 Å². The number of nitrogens with one attached hydrogen (secondary N) is 1. The minimum absolute atomic E-state index is 0.0189. The van der Waals surface area contributed by atoms with Crippen molar-refractivity contribution in [3.63, 3.8) is 0 Å². The summed E-state index contributed by atoms with van der Waals surface area (Å²) in [5, 5.41) is 11.6. The van der Waals surface area contributed by atoms with Gasteiger partial charge in [0.2, 0.25) is 5.91 Å². The zero-order valence-electron chi connectivity index (χ0n) is 13.0. The summed E-state index contributed by atoms with van der Waals surface area (Å²) >= 11 is 1.66. The van der Waals surface area contributed by atoms with Crippen LogP contribution in [-0.2, 0) is 17.8 Å². The Hall–Kier alpha value is -2.40. The monoisotopic (exact) mass is 325 g/mol. The van der Waals surface area contributed by atoms with Crippen LogP contribution in [0.3, 0.4) is 0 Å². The topological polar surface area (TPSA) is 46.9 Å². The first-order valence-electron chi connectivity index (χ1n) is 7.60. The quantitative estimate of drug-likeness (QED) is 0.748. The highest BCUT2D eigenvalue weighted by Crippen LogP contribution is 2.14. The maximum Gasteiger partial charge on any atom is 0.225 e. The number of aryl methyl sites for hydroxylation is 2. The largest absolute Gasteiger partial charge is 0.311 e. The van der Waals surface area contributed by atoms with Crippen molar-refractivity contribution in [2.75, 3.05) is 5.32 Å². The number of benzene rings is 1. The number of nitrogens with zero attached hydrogens (tertiary/aromatic N) is 2. The molecule has 0 saturated heterocycles. The SMILES string of the molecule is Cc1cc(NC(=O)CCc2ccsc2)n(Cc2ccccc2)n1. The lowest BCUT2D eigenvalue weighted by atomic mass is 10.2. The Balaban J connectivity index is 1.64. The molecule has 2 heterocycles. The first-order chi connectivity index (χ1) is 11.2. The summed E-state index contributed by atoms with van der Waals surface area (Å²) in [5.74, 6) is 0.770. The average molecular weight is 325 g/mol. The molecular weight excluding hydrogens is 306 g/mol. The van der Waals surface area contributed by atoms with Gasteiger partial charge in [0.25, 0.3) is 0 Å². The zero-order chi connectivity index (χ0) is 16.1. The molecule has 0 atom stereocenters. The van der Waals surface area contributed by atoms with Gasteiger partial charge in [0.05, 0.1) is 12.2 Å². The van der Waals surface area contributed by atoms with Gasteiger partial charge in [0.15, 0.2) is 0 Å². The van der Waals surface area contributed by atoms with Crippen LogP contribution in [0.25, 0.3) is 0 Å². The number of rotatable bonds is 6. The first-order valence-corrected chi connectivity index (χ1v) is 8.54. The Morgan fingerprint density at radius 3 is 2.78 bits per heavy atom. The minimum atomic E-state index is 0.0189. The van der Waals surface area contributed by atoms with Gasteiger partial charge in [-0.15, -0.1) is 0 Å². The summed E-state index contributed by atoms with van der Waals surface area (Å²) in [6, 6.07) is 14.1. The number of aromatic nitrogens is 2. The van der Waals surface area contributed by atoms with Crippen molar-refractivity contribution < 1.29 is 4.79 Å². The van der Waals surface area contributed by atoms with E-state index in [4.69, 9.17) is 0 Å². The van der Waals surface area contributed by atoms with Gasteiger partial charge in [0, 0.05) is 12.5 Å². The fraction of sp³-hybridized carbons (Fsp3) is 0.222. The van der Waals surface area contributed by atoms with E-state index in [1.54, 1.807) is 11.3 Å². The summed E-state index contributed by atoms with van der Waals surface area (Å²) in [4.78, 5) is 12.2. The highest BCUT2D eigenvalue weighted by molar-refractivity contribution is 7.07. The second-order valence-electron chi connectivity index (χ2n) is 5.49. The molecule has 0 bridgehead atoms. The van der Waals surface area contributed by atoms with Crippen molar-refractivity contribution in [3.05, 3.63) is 70.0 Å². The highest BCUT2D eigenvalue weighted by Gasteiger charge is 2.10. The molecule has 0 aliphatic rings. The number of hydrogen-bond donors (Lipinski definition) is 1. The molecule has 118 valence electrons. The van der Waals surface area contributed by atoms with E-state index in [1.165, 1.54) is 5.56 Å². The maximum absolute atomic E-state index is 12.2. The lowest BCUT2D eigenvalue weighted by Crippen LogP contribution is -2.16. The third kappa shape index (κ3) is 4.29. The van der Waals surface area contributed by atoms with E-state index in [-0.39, 0.29) is 5.91 Å². The van der Waals surface area contributed by atoms with E-state index in [9.17, 15) is 4.79 Å². The van der Waals surface area contributed by atoms with Crippen molar-refractivity contribution in [1.82, 2.24) is 9.78 Å². The Morgan fingerprint density at radius 1 is 1.22 bits per heavy atom. The smallest absolute Gasteiger partial charge is 0.225 e. The lowest BCUT2D eigenvalue weighted by Gasteiger charge is -2.09. The van der Waals surface area contributed by atoms with E-state index in [0.717, 1.165) is 23.5 Å². The molecule has 3 aromatic rings. The van der Waals surface area contributed by atoms with Crippen molar-refractivity contribution >= 4 is 23.1 Å². The molecule has 4 nitrogen and oxygen atoms in total. The standard InChI is InChI=1S/C18H19N3OS/c1-14-11-17(19-18(22)8-7-16-9-10-23-13-16)21(20-14)12-15-5-3-2-4-6-15/h2-6,9-11,13H,7-8,12H2,1H3,(H,19,22). The summed E-state index contributed by atoms with van der Waals surface area (Å²) in [6.45, 7) is 2.58. The molecule has 0 spiro atoms. The summed E-state index contributed by atoms with van der Waals surface area (Å²) in [6.07, 6.45) is 1.24. The van der Waals surface area contributed by atoms with Crippen LogP contribution in [0.4, 0.5) is 5.82 Å². The lowest BCUT2D eigenvalue weighted by molar-refractivity contribution is -0.116. The number of carbonyl (C=O) groups is 1. The molecule has 0 radical (unpaired) electrons. The van der Waals surface area contributed by atoms with Crippen molar-refractivity contribution in [1.29, 1.82) is 0 Å². The zero-order valence-corrected chi connectivity index (χ0v) is 13.8. The average Bonchev–Trinajstić information content (AvgIpc) is 3.17. The fourth-order valence-corrected chi connectivity index (χ4v) is 3.12. The minimum Gasteiger partial charge on any atom is -0.311 e. The van der Waals surface area contributed by atoms with Gasteiger partial charge < -0.3 is 5.32 Å². The van der Waals surface area contributed by atoms with Crippen LogP contribution in [0.15, 0.2) is 53.2 Å². The number of amides is 1. The van der Waals surface area contributed by atoms with Gasteiger partial charge in [0.1, 0.15) is 5.82 Å². The normalized spacial score (nSPS) is 10.7. The fourth-order valence-electron chi connectivity index (χ4n) is 2.42. The Kier molecular flexibility index (Phi) is 4.88. The summed E-state index contributed by atoms with van der Waals surface area (Å²) in [5.41, 5.74) is 3.26. The molecule has 0 saturated carbocycles. The van der Waals surface area contributed by atoms with Gasteiger partial charge >= 0.3 is 0 Å². The van der Waals surface area contributed by atoms with E-state index in [1.807, 2.05) is 41.3 Å². The predicted molar refractivity (Wildman–Crippen MR) is 93.8 cm³/mol. The molecule has 0 unspecified atom stereocenters. The van der Waals surface area contributed by atoms with Crippen LogP contribution in [-0.4, -0.2) is 15.7 Å². The summed E-state index contributed by atoms with van der Waals surface area (Å²) in [7, 11) is 0. The number of hydrogen-bond acceptors (Lipinski definition) is 3. The number of thiophene rings is 1. The van der Waals surface area contributed by atoms with Crippen LogP contribution in [0.2, 0.25) is 0 Å². The molecule has 3 rings (SSSR count). The number of carbonyl (C=O) groups excluding carboxylic acids is 1. The van der Waals surface area contributed by atoms with Crippen LogP contribution < -0.4 is 5.32 Å².